The lowest BCUT2D eigenvalue weighted by Crippen LogP contribution is -2.37. The van der Waals surface area contributed by atoms with Gasteiger partial charge < -0.3 is 10.2 Å². The van der Waals surface area contributed by atoms with E-state index in [1.54, 1.807) is 31.0 Å². The summed E-state index contributed by atoms with van der Waals surface area (Å²) >= 11 is 0. The molecule has 1 N–H and O–H groups in total. The van der Waals surface area contributed by atoms with E-state index in [2.05, 4.69) is 5.32 Å². The first-order chi connectivity index (χ1) is 7.91. The van der Waals surface area contributed by atoms with Crippen molar-refractivity contribution in [1.82, 2.24) is 4.90 Å². The number of halogens is 1. The van der Waals surface area contributed by atoms with Gasteiger partial charge in [-0.15, -0.1) is 0 Å². The molecule has 1 aromatic carbocycles. The van der Waals surface area contributed by atoms with Gasteiger partial charge in [-0.25, -0.2) is 4.39 Å². The van der Waals surface area contributed by atoms with Gasteiger partial charge in [0.15, 0.2) is 0 Å². The predicted octanol–water partition coefficient (Wildman–Crippen LogP) is 2.41. The van der Waals surface area contributed by atoms with Crippen LogP contribution in [0.15, 0.2) is 18.2 Å². The standard InChI is InChI=1S/C13H19FN2O/c1-9(2)16(4)13(17)8-15-11-5-6-12(14)10(3)7-11/h5-7,9,15H,8H2,1-4H3. The summed E-state index contributed by atoms with van der Waals surface area (Å²) in [5.74, 6) is -0.219. The number of rotatable bonds is 4. The predicted molar refractivity (Wildman–Crippen MR) is 67.5 cm³/mol. The van der Waals surface area contributed by atoms with Gasteiger partial charge in [0, 0.05) is 18.8 Å². The highest BCUT2D eigenvalue weighted by Crippen LogP contribution is 2.13. The fourth-order valence-corrected chi connectivity index (χ4v) is 1.35. The Bertz CT molecular complexity index is 404. The molecule has 1 rings (SSSR count). The number of nitrogens with zero attached hydrogens (tertiary/aromatic N) is 1. The molecular weight excluding hydrogens is 219 g/mol. The minimum absolute atomic E-state index is 0.0157. The second kappa shape index (κ2) is 5.66. The van der Waals surface area contributed by atoms with Crippen LogP contribution in [0.25, 0.3) is 0 Å². The smallest absolute Gasteiger partial charge is 0.241 e. The van der Waals surface area contributed by atoms with Gasteiger partial charge >= 0.3 is 0 Å². The fourth-order valence-electron chi connectivity index (χ4n) is 1.35. The minimum atomic E-state index is -0.235. The Morgan fingerprint density at radius 3 is 2.65 bits per heavy atom. The van der Waals surface area contributed by atoms with E-state index < -0.39 is 0 Å². The summed E-state index contributed by atoms with van der Waals surface area (Å²) in [5.41, 5.74) is 1.33. The van der Waals surface area contributed by atoms with Gasteiger partial charge in [0.25, 0.3) is 0 Å². The molecule has 0 saturated heterocycles. The molecule has 0 aliphatic heterocycles. The average Bonchev–Trinajstić information content (AvgIpc) is 2.29. The molecule has 0 radical (unpaired) electrons. The minimum Gasteiger partial charge on any atom is -0.376 e. The monoisotopic (exact) mass is 238 g/mol. The molecule has 0 aliphatic carbocycles. The highest BCUT2D eigenvalue weighted by molar-refractivity contribution is 5.80. The van der Waals surface area contributed by atoms with E-state index in [0.29, 0.717) is 5.56 Å². The number of anilines is 1. The van der Waals surface area contributed by atoms with Gasteiger partial charge in [-0.1, -0.05) is 0 Å². The summed E-state index contributed by atoms with van der Waals surface area (Å²) in [6, 6.07) is 4.90. The molecule has 0 spiro atoms. The number of likely N-dealkylation sites (N-methyl/N-ethyl adjacent to an activating group) is 1. The molecule has 0 unspecified atom stereocenters. The Morgan fingerprint density at radius 1 is 1.47 bits per heavy atom. The number of hydrogen-bond donors (Lipinski definition) is 1. The van der Waals surface area contributed by atoms with Crippen LogP contribution in [0.1, 0.15) is 19.4 Å². The molecule has 0 fully saturated rings. The van der Waals surface area contributed by atoms with Crippen LogP contribution in [-0.4, -0.2) is 30.4 Å². The van der Waals surface area contributed by atoms with Crippen molar-refractivity contribution in [2.45, 2.75) is 26.8 Å². The zero-order valence-corrected chi connectivity index (χ0v) is 10.7. The third-order valence-corrected chi connectivity index (χ3v) is 2.77. The van der Waals surface area contributed by atoms with E-state index in [4.69, 9.17) is 0 Å². The zero-order chi connectivity index (χ0) is 13.0. The van der Waals surface area contributed by atoms with E-state index in [9.17, 15) is 9.18 Å². The molecule has 1 aromatic rings. The topological polar surface area (TPSA) is 32.3 Å². The Morgan fingerprint density at radius 2 is 2.12 bits per heavy atom. The Hall–Kier alpha value is -1.58. The second-order valence-electron chi connectivity index (χ2n) is 4.42. The number of carbonyl (C=O) groups excluding carboxylic acids is 1. The van der Waals surface area contributed by atoms with Crippen LogP contribution in [0.4, 0.5) is 10.1 Å². The first kappa shape index (κ1) is 13.5. The van der Waals surface area contributed by atoms with Crippen LogP contribution in [0, 0.1) is 12.7 Å². The van der Waals surface area contributed by atoms with E-state index >= 15 is 0 Å². The fraction of sp³-hybridized carbons (Fsp3) is 0.462. The molecule has 0 atom stereocenters. The largest absolute Gasteiger partial charge is 0.376 e. The normalized spacial score (nSPS) is 10.5. The van der Waals surface area contributed by atoms with Gasteiger partial charge in [0.1, 0.15) is 5.82 Å². The maximum Gasteiger partial charge on any atom is 0.241 e. The van der Waals surface area contributed by atoms with Crippen molar-refractivity contribution in [3.05, 3.63) is 29.6 Å². The first-order valence-electron chi connectivity index (χ1n) is 5.67. The van der Waals surface area contributed by atoms with Crippen molar-refractivity contribution in [3.63, 3.8) is 0 Å². The maximum atomic E-state index is 13.0. The van der Waals surface area contributed by atoms with Crippen molar-refractivity contribution in [1.29, 1.82) is 0 Å². The molecular formula is C13H19FN2O. The number of hydrogen-bond acceptors (Lipinski definition) is 2. The lowest BCUT2D eigenvalue weighted by molar-refractivity contribution is -0.129. The highest BCUT2D eigenvalue weighted by Gasteiger charge is 2.11. The molecule has 0 bridgehead atoms. The Kier molecular flexibility index (Phi) is 4.49. The lowest BCUT2D eigenvalue weighted by atomic mass is 10.2. The van der Waals surface area contributed by atoms with Gasteiger partial charge in [-0.05, 0) is 44.5 Å². The van der Waals surface area contributed by atoms with E-state index in [-0.39, 0.29) is 24.3 Å². The van der Waals surface area contributed by atoms with Crippen molar-refractivity contribution in [2.24, 2.45) is 0 Å². The van der Waals surface area contributed by atoms with Crippen LogP contribution >= 0.6 is 0 Å². The number of nitrogens with one attached hydrogen (secondary N) is 1. The van der Waals surface area contributed by atoms with Crippen LogP contribution < -0.4 is 5.32 Å². The molecule has 17 heavy (non-hydrogen) atoms. The van der Waals surface area contributed by atoms with E-state index in [1.807, 2.05) is 13.8 Å². The van der Waals surface area contributed by atoms with Crippen molar-refractivity contribution in [2.75, 3.05) is 18.9 Å². The number of benzene rings is 1. The quantitative estimate of drug-likeness (QED) is 0.873. The van der Waals surface area contributed by atoms with E-state index in [1.165, 1.54) is 6.07 Å². The molecule has 4 heteroatoms. The molecule has 1 amide bonds. The third-order valence-electron chi connectivity index (χ3n) is 2.77. The summed E-state index contributed by atoms with van der Waals surface area (Å²) in [6.45, 7) is 5.84. The molecule has 0 saturated carbocycles. The van der Waals surface area contributed by atoms with Gasteiger partial charge in [-0.3, -0.25) is 4.79 Å². The molecule has 0 aliphatic rings. The molecule has 0 heterocycles. The number of amides is 1. The summed E-state index contributed by atoms with van der Waals surface area (Å²) < 4.78 is 13.0. The van der Waals surface area contributed by atoms with Crippen LogP contribution in [0.5, 0.6) is 0 Å². The highest BCUT2D eigenvalue weighted by atomic mass is 19.1. The SMILES string of the molecule is Cc1cc(NCC(=O)N(C)C(C)C)ccc1F. The maximum absolute atomic E-state index is 13.0. The molecule has 94 valence electrons. The van der Waals surface area contributed by atoms with Crippen molar-refractivity contribution >= 4 is 11.6 Å². The van der Waals surface area contributed by atoms with Crippen LogP contribution in [-0.2, 0) is 4.79 Å². The summed E-state index contributed by atoms with van der Waals surface area (Å²) in [6.07, 6.45) is 0. The average molecular weight is 238 g/mol. The first-order valence-corrected chi connectivity index (χ1v) is 5.67. The Balaban J connectivity index is 2.56. The second-order valence-corrected chi connectivity index (χ2v) is 4.42. The van der Waals surface area contributed by atoms with Gasteiger partial charge in [0.2, 0.25) is 5.91 Å². The van der Waals surface area contributed by atoms with Gasteiger partial charge in [0.05, 0.1) is 6.54 Å². The molecule has 3 nitrogen and oxygen atoms in total. The van der Waals surface area contributed by atoms with Crippen molar-refractivity contribution in [3.8, 4) is 0 Å². The summed E-state index contributed by atoms with van der Waals surface area (Å²) in [7, 11) is 1.77. The number of carbonyl (C=O) groups is 1. The third kappa shape index (κ3) is 3.73. The van der Waals surface area contributed by atoms with Crippen molar-refractivity contribution < 1.29 is 9.18 Å². The molecule has 0 aromatic heterocycles. The Labute approximate surface area is 102 Å². The lowest BCUT2D eigenvalue weighted by Gasteiger charge is -2.21. The van der Waals surface area contributed by atoms with Crippen LogP contribution in [0.3, 0.4) is 0 Å². The van der Waals surface area contributed by atoms with E-state index in [0.717, 1.165) is 5.69 Å². The summed E-state index contributed by atoms with van der Waals surface area (Å²) in [5, 5.41) is 2.99. The summed E-state index contributed by atoms with van der Waals surface area (Å²) in [4.78, 5) is 13.4. The van der Waals surface area contributed by atoms with Crippen LogP contribution in [0.2, 0.25) is 0 Å². The zero-order valence-electron chi connectivity index (χ0n) is 10.7. The van der Waals surface area contributed by atoms with Gasteiger partial charge in [-0.2, -0.15) is 0 Å². The number of aryl methyl sites for hydroxylation is 1.